The van der Waals surface area contributed by atoms with Crippen molar-refractivity contribution in [2.24, 2.45) is 5.92 Å². The van der Waals surface area contributed by atoms with E-state index >= 15 is 0 Å². The summed E-state index contributed by atoms with van der Waals surface area (Å²) in [5, 5.41) is 3.98. The predicted octanol–water partition coefficient (Wildman–Crippen LogP) is 3.49. The van der Waals surface area contributed by atoms with Crippen LogP contribution in [-0.2, 0) is 16.4 Å². The summed E-state index contributed by atoms with van der Waals surface area (Å²) >= 11 is 0. The summed E-state index contributed by atoms with van der Waals surface area (Å²) < 4.78 is 73.0. The van der Waals surface area contributed by atoms with Gasteiger partial charge < -0.3 is 9.26 Å². The third-order valence-corrected chi connectivity index (χ3v) is 6.95. The Morgan fingerprint density at radius 1 is 1.17 bits per heavy atom. The Morgan fingerprint density at radius 2 is 1.90 bits per heavy atom. The zero-order chi connectivity index (χ0) is 20.6. The van der Waals surface area contributed by atoms with Gasteiger partial charge in [-0.05, 0) is 55.9 Å². The molecule has 1 saturated carbocycles. The highest BCUT2D eigenvalue weighted by molar-refractivity contribution is 7.89. The van der Waals surface area contributed by atoms with Gasteiger partial charge in [0.2, 0.25) is 15.9 Å². The van der Waals surface area contributed by atoms with E-state index in [9.17, 15) is 21.6 Å². The van der Waals surface area contributed by atoms with Crippen molar-refractivity contribution in [3.63, 3.8) is 0 Å². The summed E-state index contributed by atoms with van der Waals surface area (Å²) in [5.41, 5.74) is 0. The van der Waals surface area contributed by atoms with Gasteiger partial charge in [0.1, 0.15) is 5.75 Å². The van der Waals surface area contributed by atoms with Gasteiger partial charge in [0.25, 0.3) is 0 Å². The first-order chi connectivity index (χ1) is 13.7. The first kappa shape index (κ1) is 20.1. The second-order valence-electron chi connectivity index (χ2n) is 7.42. The molecule has 29 heavy (non-hydrogen) atoms. The second kappa shape index (κ2) is 7.60. The smallest absolute Gasteiger partial charge is 0.406 e. The number of sulfonamides is 1. The van der Waals surface area contributed by atoms with Gasteiger partial charge in [-0.15, -0.1) is 13.2 Å². The number of piperidine rings is 1. The minimum absolute atomic E-state index is 0.0406. The fraction of sp³-hybridized carbons (Fsp3) is 0.556. The molecule has 2 heterocycles. The average molecular weight is 431 g/mol. The predicted molar refractivity (Wildman–Crippen MR) is 94.6 cm³/mol. The molecular weight excluding hydrogens is 411 g/mol. The Balaban J connectivity index is 1.42. The number of alkyl halides is 3. The number of benzene rings is 1. The van der Waals surface area contributed by atoms with Crippen LogP contribution in [0.25, 0.3) is 0 Å². The molecule has 2 aliphatic rings. The van der Waals surface area contributed by atoms with Crippen molar-refractivity contribution in [2.75, 3.05) is 13.1 Å². The molecular formula is C18H20F3N3O4S. The number of ether oxygens (including phenoxy) is 1. The normalized spacial score (nSPS) is 21.3. The lowest BCUT2D eigenvalue weighted by molar-refractivity contribution is -0.274. The van der Waals surface area contributed by atoms with E-state index in [-0.39, 0.29) is 10.8 Å². The zero-order valence-corrected chi connectivity index (χ0v) is 16.2. The fourth-order valence-electron chi connectivity index (χ4n) is 3.48. The van der Waals surface area contributed by atoms with Crippen LogP contribution in [-0.4, -0.2) is 42.3 Å². The van der Waals surface area contributed by atoms with Crippen molar-refractivity contribution in [2.45, 2.75) is 49.3 Å². The maximum Gasteiger partial charge on any atom is 0.573 e. The van der Waals surface area contributed by atoms with Crippen LogP contribution in [0.3, 0.4) is 0 Å². The highest BCUT2D eigenvalue weighted by atomic mass is 32.2. The standard InChI is InChI=1S/C18H20F3N3O4S/c19-18(20,21)27-14-5-7-15(8-6-14)29(25,26)24-9-1-2-12(11-24)10-16-22-17(23-28-16)13-3-4-13/h5-8,12-13H,1-4,9-11H2/t12-/m0/s1. The monoisotopic (exact) mass is 431 g/mol. The first-order valence-corrected chi connectivity index (χ1v) is 10.8. The molecule has 7 nitrogen and oxygen atoms in total. The maximum absolute atomic E-state index is 12.9. The molecule has 1 aliphatic carbocycles. The lowest BCUT2D eigenvalue weighted by Crippen LogP contribution is -2.40. The molecule has 1 aromatic carbocycles. The minimum Gasteiger partial charge on any atom is -0.406 e. The first-order valence-electron chi connectivity index (χ1n) is 9.39. The quantitative estimate of drug-likeness (QED) is 0.696. The van der Waals surface area contributed by atoms with Crippen molar-refractivity contribution < 1.29 is 30.8 Å². The van der Waals surface area contributed by atoms with Crippen molar-refractivity contribution >= 4 is 10.0 Å². The van der Waals surface area contributed by atoms with E-state index in [1.54, 1.807) is 0 Å². The van der Waals surface area contributed by atoms with Gasteiger partial charge in [0, 0.05) is 25.4 Å². The van der Waals surface area contributed by atoms with E-state index in [1.165, 1.54) is 4.31 Å². The average Bonchev–Trinajstić information content (AvgIpc) is 3.41. The van der Waals surface area contributed by atoms with Gasteiger partial charge in [0.15, 0.2) is 5.82 Å². The van der Waals surface area contributed by atoms with Crippen molar-refractivity contribution in [1.82, 2.24) is 14.4 Å². The van der Waals surface area contributed by atoms with Crippen LogP contribution in [0.5, 0.6) is 5.75 Å². The lowest BCUT2D eigenvalue weighted by Gasteiger charge is -2.31. The van der Waals surface area contributed by atoms with Gasteiger partial charge in [-0.1, -0.05) is 5.16 Å². The number of rotatable bonds is 6. The molecule has 0 N–H and O–H groups in total. The second-order valence-corrected chi connectivity index (χ2v) is 9.35. The minimum atomic E-state index is -4.82. The molecule has 2 fully saturated rings. The summed E-state index contributed by atoms with van der Waals surface area (Å²) in [5.74, 6) is 1.21. The molecule has 4 rings (SSSR count). The van der Waals surface area contributed by atoms with Crippen LogP contribution in [0, 0.1) is 5.92 Å². The lowest BCUT2D eigenvalue weighted by atomic mass is 9.96. The molecule has 1 aromatic heterocycles. The zero-order valence-electron chi connectivity index (χ0n) is 15.4. The molecule has 0 bridgehead atoms. The molecule has 0 spiro atoms. The Bertz CT molecular complexity index is 955. The van der Waals surface area contributed by atoms with Gasteiger partial charge in [-0.25, -0.2) is 8.42 Å². The largest absolute Gasteiger partial charge is 0.573 e. The highest BCUT2D eigenvalue weighted by Crippen LogP contribution is 2.38. The summed E-state index contributed by atoms with van der Waals surface area (Å²) in [6.45, 7) is 0.654. The Morgan fingerprint density at radius 3 is 2.55 bits per heavy atom. The topological polar surface area (TPSA) is 85.5 Å². The number of aromatic nitrogens is 2. The third kappa shape index (κ3) is 4.89. The molecule has 0 radical (unpaired) electrons. The van der Waals surface area contributed by atoms with Crippen LogP contribution < -0.4 is 4.74 Å². The Hall–Kier alpha value is -2.14. The van der Waals surface area contributed by atoms with Crippen LogP contribution in [0.2, 0.25) is 0 Å². The SMILES string of the molecule is O=S(=O)(c1ccc(OC(F)(F)F)cc1)N1CCC[C@@H](Cc2nc(C3CC3)no2)C1. The summed E-state index contributed by atoms with van der Waals surface area (Å²) in [6.07, 6.45) is -0.657. The molecule has 0 unspecified atom stereocenters. The number of hydrogen-bond donors (Lipinski definition) is 0. The third-order valence-electron chi connectivity index (χ3n) is 5.07. The van der Waals surface area contributed by atoms with E-state index < -0.39 is 22.1 Å². The van der Waals surface area contributed by atoms with Gasteiger partial charge >= 0.3 is 6.36 Å². The van der Waals surface area contributed by atoms with Gasteiger partial charge in [0.05, 0.1) is 4.90 Å². The van der Waals surface area contributed by atoms with Crippen molar-refractivity contribution in [1.29, 1.82) is 0 Å². The molecule has 1 saturated heterocycles. The van der Waals surface area contributed by atoms with E-state index in [2.05, 4.69) is 14.9 Å². The van der Waals surface area contributed by atoms with E-state index in [1.807, 2.05) is 0 Å². The van der Waals surface area contributed by atoms with Gasteiger partial charge in [-0.3, -0.25) is 0 Å². The number of halogens is 3. The molecule has 2 aromatic rings. The van der Waals surface area contributed by atoms with Crippen molar-refractivity contribution in [3.05, 3.63) is 36.0 Å². The van der Waals surface area contributed by atoms with Crippen LogP contribution >= 0.6 is 0 Å². The van der Waals surface area contributed by atoms with Crippen LogP contribution in [0.15, 0.2) is 33.7 Å². The maximum atomic E-state index is 12.9. The van der Waals surface area contributed by atoms with E-state index in [4.69, 9.17) is 4.52 Å². The molecule has 1 atom stereocenters. The van der Waals surface area contributed by atoms with Crippen LogP contribution in [0.1, 0.15) is 43.3 Å². The Kier molecular flexibility index (Phi) is 5.28. The molecule has 0 amide bonds. The van der Waals surface area contributed by atoms with Crippen LogP contribution in [0.4, 0.5) is 13.2 Å². The summed E-state index contributed by atoms with van der Waals surface area (Å²) in [4.78, 5) is 4.33. The fourth-order valence-corrected chi connectivity index (χ4v) is 5.03. The van der Waals surface area contributed by atoms with Crippen molar-refractivity contribution in [3.8, 4) is 5.75 Å². The van der Waals surface area contributed by atoms with E-state index in [0.29, 0.717) is 37.7 Å². The Labute approximate surface area is 165 Å². The number of hydrogen-bond acceptors (Lipinski definition) is 6. The molecule has 11 heteroatoms. The van der Waals surface area contributed by atoms with E-state index in [0.717, 1.165) is 49.4 Å². The van der Waals surface area contributed by atoms with Gasteiger partial charge in [-0.2, -0.15) is 9.29 Å². The number of nitrogens with zero attached hydrogens (tertiary/aromatic N) is 3. The molecule has 158 valence electrons. The summed E-state index contributed by atoms with van der Waals surface area (Å²) in [6, 6.07) is 4.25. The molecule has 1 aliphatic heterocycles. The summed E-state index contributed by atoms with van der Waals surface area (Å²) in [7, 11) is -3.82. The highest BCUT2D eigenvalue weighted by Gasteiger charge is 2.34.